The quantitative estimate of drug-likeness (QED) is 0.456. The molecule has 0 saturated heterocycles. The number of nitrogens with zero attached hydrogens (tertiary/aromatic N) is 3. The number of ether oxygens (including phenoxy) is 2. The zero-order valence-corrected chi connectivity index (χ0v) is 14.1. The van der Waals surface area contributed by atoms with Gasteiger partial charge in [-0.25, -0.2) is 4.98 Å². The van der Waals surface area contributed by atoms with Crippen LogP contribution >= 0.6 is 23.1 Å². The number of hydrogen-bond acceptors (Lipinski definition) is 9. The molecule has 2 aromatic heterocycles. The molecule has 1 N–H and O–H groups in total. The fourth-order valence-corrected chi connectivity index (χ4v) is 3.08. The van der Waals surface area contributed by atoms with Gasteiger partial charge in [-0.2, -0.15) is 0 Å². The van der Waals surface area contributed by atoms with E-state index in [1.54, 1.807) is 19.1 Å². The SMILES string of the molecule is CCOC(=O)CSc1nnc(NC(=O)c2cccnc2OC)s1. The van der Waals surface area contributed by atoms with Gasteiger partial charge in [0.2, 0.25) is 11.0 Å². The van der Waals surface area contributed by atoms with E-state index in [9.17, 15) is 9.59 Å². The Hall–Kier alpha value is -2.20. The number of nitrogens with one attached hydrogen (secondary N) is 1. The van der Waals surface area contributed by atoms with E-state index in [0.29, 0.717) is 21.6 Å². The van der Waals surface area contributed by atoms with Crippen LogP contribution in [0.1, 0.15) is 17.3 Å². The lowest BCUT2D eigenvalue weighted by atomic mass is 10.2. The zero-order valence-electron chi connectivity index (χ0n) is 12.4. The van der Waals surface area contributed by atoms with Gasteiger partial charge in [0.15, 0.2) is 4.34 Å². The molecule has 0 unspecified atom stereocenters. The van der Waals surface area contributed by atoms with Crippen molar-refractivity contribution in [1.82, 2.24) is 15.2 Å². The number of anilines is 1. The maximum absolute atomic E-state index is 12.2. The summed E-state index contributed by atoms with van der Waals surface area (Å²) in [4.78, 5) is 27.4. The van der Waals surface area contributed by atoms with Gasteiger partial charge in [0.25, 0.3) is 5.91 Å². The van der Waals surface area contributed by atoms with E-state index in [4.69, 9.17) is 9.47 Å². The summed E-state index contributed by atoms with van der Waals surface area (Å²) in [6.07, 6.45) is 1.53. The third-order valence-corrected chi connectivity index (χ3v) is 4.40. The van der Waals surface area contributed by atoms with Crippen molar-refractivity contribution in [3.8, 4) is 5.88 Å². The summed E-state index contributed by atoms with van der Waals surface area (Å²) in [7, 11) is 1.44. The van der Waals surface area contributed by atoms with Crippen LogP contribution in [-0.4, -0.2) is 46.5 Å². The second-order valence-corrected chi connectivity index (χ2v) is 6.18. The Morgan fingerprint density at radius 2 is 2.22 bits per heavy atom. The summed E-state index contributed by atoms with van der Waals surface area (Å²) < 4.78 is 10.4. The standard InChI is InChI=1S/C13H14N4O4S2/c1-3-21-9(18)7-22-13-17-16-12(23-13)15-10(19)8-5-4-6-14-11(8)20-2/h4-6H,3,7H2,1-2H3,(H,15,16,19). The fourth-order valence-electron chi connectivity index (χ4n) is 1.53. The molecule has 0 saturated carbocycles. The van der Waals surface area contributed by atoms with Crippen molar-refractivity contribution in [2.24, 2.45) is 0 Å². The van der Waals surface area contributed by atoms with Crippen LogP contribution in [0.4, 0.5) is 5.13 Å². The summed E-state index contributed by atoms with van der Waals surface area (Å²) in [5.74, 6) is -0.342. The van der Waals surface area contributed by atoms with Crippen molar-refractivity contribution < 1.29 is 19.1 Å². The molecule has 10 heteroatoms. The molecule has 0 fully saturated rings. The molecule has 0 atom stereocenters. The normalized spacial score (nSPS) is 10.2. The first kappa shape index (κ1) is 17.2. The molecule has 0 bridgehead atoms. The van der Waals surface area contributed by atoms with Gasteiger partial charge in [0, 0.05) is 6.20 Å². The Bertz CT molecular complexity index is 692. The topological polar surface area (TPSA) is 103 Å². The smallest absolute Gasteiger partial charge is 0.316 e. The number of amides is 1. The first-order valence-corrected chi connectivity index (χ1v) is 8.36. The summed E-state index contributed by atoms with van der Waals surface area (Å²) in [6, 6.07) is 3.23. The lowest BCUT2D eigenvalue weighted by Crippen LogP contribution is -2.13. The van der Waals surface area contributed by atoms with Crippen molar-refractivity contribution in [2.45, 2.75) is 11.3 Å². The van der Waals surface area contributed by atoms with Gasteiger partial charge in [-0.15, -0.1) is 10.2 Å². The van der Waals surface area contributed by atoms with Crippen LogP contribution in [0.5, 0.6) is 5.88 Å². The molecule has 0 aliphatic rings. The first-order valence-electron chi connectivity index (χ1n) is 6.56. The van der Waals surface area contributed by atoms with E-state index in [2.05, 4.69) is 20.5 Å². The summed E-state index contributed by atoms with van der Waals surface area (Å²) in [5.41, 5.74) is 0.297. The molecular weight excluding hydrogens is 340 g/mol. The highest BCUT2D eigenvalue weighted by Gasteiger charge is 2.15. The van der Waals surface area contributed by atoms with Gasteiger partial charge in [0.05, 0.1) is 19.5 Å². The number of carbonyl (C=O) groups excluding carboxylic acids is 2. The van der Waals surface area contributed by atoms with Gasteiger partial charge in [-0.1, -0.05) is 23.1 Å². The van der Waals surface area contributed by atoms with E-state index in [0.717, 1.165) is 0 Å². The first-order chi connectivity index (χ1) is 11.1. The van der Waals surface area contributed by atoms with Crippen LogP contribution in [0.3, 0.4) is 0 Å². The van der Waals surface area contributed by atoms with Gasteiger partial charge in [0.1, 0.15) is 5.56 Å². The second-order valence-electron chi connectivity index (χ2n) is 3.98. The number of pyridine rings is 1. The number of thioether (sulfide) groups is 1. The minimum atomic E-state index is -0.395. The molecule has 0 aliphatic heterocycles. The van der Waals surface area contributed by atoms with Crippen molar-refractivity contribution in [2.75, 3.05) is 24.8 Å². The lowest BCUT2D eigenvalue weighted by Gasteiger charge is -2.05. The molecule has 2 aromatic rings. The second kappa shape index (κ2) is 8.44. The third-order valence-electron chi connectivity index (χ3n) is 2.45. The van der Waals surface area contributed by atoms with Crippen molar-refractivity contribution >= 4 is 40.1 Å². The predicted octanol–water partition coefficient (Wildman–Crippen LogP) is 1.85. The van der Waals surface area contributed by atoms with Crippen LogP contribution in [0.25, 0.3) is 0 Å². The number of rotatable bonds is 7. The Morgan fingerprint density at radius 1 is 1.39 bits per heavy atom. The zero-order chi connectivity index (χ0) is 16.7. The van der Waals surface area contributed by atoms with Crippen molar-refractivity contribution in [3.63, 3.8) is 0 Å². The van der Waals surface area contributed by atoms with Gasteiger partial charge in [-0.05, 0) is 19.1 Å². The molecule has 0 radical (unpaired) electrons. The largest absolute Gasteiger partial charge is 0.480 e. The Morgan fingerprint density at radius 3 is 2.96 bits per heavy atom. The number of carbonyl (C=O) groups is 2. The van der Waals surface area contributed by atoms with E-state index in [1.807, 2.05) is 0 Å². The number of methoxy groups -OCH3 is 1. The maximum atomic E-state index is 12.2. The number of aromatic nitrogens is 3. The Labute approximate surface area is 140 Å². The summed E-state index contributed by atoms with van der Waals surface area (Å²) >= 11 is 2.37. The average molecular weight is 354 g/mol. The minimum Gasteiger partial charge on any atom is -0.480 e. The molecular formula is C13H14N4O4S2. The van der Waals surface area contributed by atoms with Crippen LogP contribution < -0.4 is 10.1 Å². The van der Waals surface area contributed by atoms with Gasteiger partial charge >= 0.3 is 5.97 Å². The highest BCUT2D eigenvalue weighted by Crippen LogP contribution is 2.26. The average Bonchev–Trinajstić information content (AvgIpc) is 3.00. The molecule has 8 nitrogen and oxygen atoms in total. The van der Waals surface area contributed by atoms with Gasteiger partial charge < -0.3 is 9.47 Å². The highest BCUT2D eigenvalue weighted by atomic mass is 32.2. The van der Waals surface area contributed by atoms with E-state index in [1.165, 1.54) is 36.4 Å². The number of esters is 1. The lowest BCUT2D eigenvalue weighted by molar-refractivity contribution is -0.139. The summed E-state index contributed by atoms with van der Waals surface area (Å²) in [5, 5.41) is 10.7. The molecule has 0 aromatic carbocycles. The Balaban J connectivity index is 1.96. The van der Waals surface area contributed by atoms with E-state index < -0.39 is 5.91 Å². The summed E-state index contributed by atoms with van der Waals surface area (Å²) in [6.45, 7) is 2.08. The van der Waals surface area contributed by atoms with Crippen LogP contribution in [-0.2, 0) is 9.53 Å². The molecule has 0 spiro atoms. The van der Waals surface area contributed by atoms with E-state index in [-0.39, 0.29) is 17.6 Å². The molecule has 0 aliphatic carbocycles. The molecule has 1 amide bonds. The fraction of sp³-hybridized carbons (Fsp3) is 0.308. The molecule has 2 rings (SSSR count). The molecule has 122 valence electrons. The van der Waals surface area contributed by atoms with Crippen LogP contribution in [0.2, 0.25) is 0 Å². The van der Waals surface area contributed by atoms with Crippen LogP contribution in [0, 0.1) is 0 Å². The highest BCUT2D eigenvalue weighted by molar-refractivity contribution is 8.01. The van der Waals surface area contributed by atoms with Gasteiger partial charge in [-0.3, -0.25) is 14.9 Å². The maximum Gasteiger partial charge on any atom is 0.316 e. The van der Waals surface area contributed by atoms with Crippen molar-refractivity contribution in [3.05, 3.63) is 23.9 Å². The van der Waals surface area contributed by atoms with Crippen molar-refractivity contribution in [1.29, 1.82) is 0 Å². The minimum absolute atomic E-state index is 0.146. The Kier molecular flexibility index (Phi) is 6.29. The van der Waals surface area contributed by atoms with E-state index >= 15 is 0 Å². The molecule has 23 heavy (non-hydrogen) atoms. The third kappa shape index (κ3) is 4.89. The molecule has 2 heterocycles. The number of hydrogen-bond donors (Lipinski definition) is 1. The predicted molar refractivity (Wildman–Crippen MR) is 86.0 cm³/mol. The van der Waals surface area contributed by atoms with Crippen LogP contribution in [0.15, 0.2) is 22.7 Å². The monoisotopic (exact) mass is 354 g/mol.